The Labute approximate surface area is 109 Å². The molecule has 4 aliphatic rings. The van der Waals surface area contributed by atoms with Crippen molar-refractivity contribution in [2.24, 2.45) is 10.8 Å². The summed E-state index contributed by atoms with van der Waals surface area (Å²) in [5.41, 5.74) is 6.34. The van der Waals surface area contributed by atoms with E-state index in [9.17, 15) is 0 Å². The van der Waals surface area contributed by atoms with Crippen LogP contribution in [-0.4, -0.2) is 0 Å². The first-order valence-corrected chi connectivity index (χ1v) is 6.87. The van der Waals surface area contributed by atoms with Gasteiger partial charge in [-0.25, -0.2) is 0 Å². The minimum absolute atomic E-state index is 0.132. The van der Waals surface area contributed by atoms with Gasteiger partial charge in [-0.2, -0.15) is 0 Å². The van der Waals surface area contributed by atoms with Crippen molar-refractivity contribution in [1.29, 1.82) is 0 Å². The minimum Gasteiger partial charge on any atom is -0.0801 e. The van der Waals surface area contributed by atoms with E-state index in [-0.39, 0.29) is 10.8 Å². The second-order valence-corrected chi connectivity index (χ2v) is 6.08. The first-order chi connectivity index (χ1) is 8.67. The van der Waals surface area contributed by atoms with Gasteiger partial charge in [-0.1, -0.05) is 68.0 Å². The van der Waals surface area contributed by atoms with Gasteiger partial charge in [0.1, 0.15) is 0 Å². The molecule has 0 aliphatic heterocycles. The summed E-state index contributed by atoms with van der Waals surface area (Å²) in [6, 6.07) is 0. The van der Waals surface area contributed by atoms with Gasteiger partial charge in [0.2, 0.25) is 0 Å². The predicted octanol–water partition coefficient (Wildman–Crippen LogP) is 4.65. The largest absolute Gasteiger partial charge is 0.0801 e. The lowest BCUT2D eigenvalue weighted by Crippen LogP contribution is -2.47. The fourth-order valence-corrected chi connectivity index (χ4v) is 4.26. The van der Waals surface area contributed by atoms with Gasteiger partial charge in [0.15, 0.2) is 0 Å². The van der Waals surface area contributed by atoms with E-state index in [2.05, 4.69) is 62.5 Å². The SMILES string of the molecule is CC12C3=CC=CC1=CC=C1CCC=C(C=C3)C12C. The maximum atomic E-state index is 2.44. The maximum Gasteiger partial charge on any atom is 0.0305 e. The predicted molar refractivity (Wildman–Crippen MR) is 76.1 cm³/mol. The fourth-order valence-electron chi connectivity index (χ4n) is 4.26. The van der Waals surface area contributed by atoms with E-state index in [0.717, 1.165) is 0 Å². The summed E-state index contributed by atoms with van der Waals surface area (Å²) in [4.78, 5) is 0. The van der Waals surface area contributed by atoms with Crippen molar-refractivity contribution >= 4 is 0 Å². The fraction of sp³-hybridized carbons (Fsp3) is 0.333. The normalized spacial score (nSPS) is 39.4. The lowest BCUT2D eigenvalue weighted by atomic mass is 9.46. The molecular weight excluding hydrogens is 216 g/mol. The Hall–Kier alpha value is -1.56. The Morgan fingerprint density at radius 1 is 0.833 bits per heavy atom. The van der Waals surface area contributed by atoms with Crippen molar-refractivity contribution < 1.29 is 0 Å². The molecule has 0 heterocycles. The monoisotopic (exact) mass is 234 g/mol. The number of allylic oxidation sites excluding steroid dienone is 12. The third kappa shape index (κ3) is 0.913. The van der Waals surface area contributed by atoms with Crippen LogP contribution in [0.3, 0.4) is 0 Å². The molecule has 0 nitrogen and oxygen atoms in total. The van der Waals surface area contributed by atoms with Gasteiger partial charge in [-0.15, -0.1) is 0 Å². The minimum atomic E-state index is 0.132. The second-order valence-electron chi connectivity index (χ2n) is 6.08. The van der Waals surface area contributed by atoms with Gasteiger partial charge in [-0.05, 0) is 29.6 Å². The maximum absolute atomic E-state index is 2.44. The van der Waals surface area contributed by atoms with Gasteiger partial charge in [-0.3, -0.25) is 0 Å². The zero-order chi connectivity index (χ0) is 12.4. The summed E-state index contributed by atoms with van der Waals surface area (Å²) in [5.74, 6) is 0. The van der Waals surface area contributed by atoms with E-state index in [1.54, 1.807) is 5.57 Å². The van der Waals surface area contributed by atoms with Gasteiger partial charge in [0, 0.05) is 10.8 Å². The third-order valence-corrected chi connectivity index (χ3v) is 5.61. The zero-order valence-electron chi connectivity index (χ0n) is 11.0. The molecule has 4 aliphatic carbocycles. The zero-order valence-corrected chi connectivity index (χ0v) is 11.0. The van der Waals surface area contributed by atoms with Gasteiger partial charge >= 0.3 is 0 Å². The Morgan fingerprint density at radius 2 is 1.61 bits per heavy atom. The number of rotatable bonds is 0. The van der Waals surface area contributed by atoms with E-state index in [4.69, 9.17) is 0 Å². The van der Waals surface area contributed by atoms with E-state index in [0.29, 0.717) is 0 Å². The van der Waals surface area contributed by atoms with Crippen molar-refractivity contribution in [2.75, 3.05) is 0 Å². The van der Waals surface area contributed by atoms with Crippen LogP contribution >= 0.6 is 0 Å². The highest BCUT2D eigenvalue weighted by atomic mass is 14.6. The molecule has 18 heavy (non-hydrogen) atoms. The molecule has 0 fully saturated rings. The van der Waals surface area contributed by atoms with E-state index >= 15 is 0 Å². The highest BCUT2D eigenvalue weighted by Gasteiger charge is 2.55. The lowest BCUT2D eigenvalue weighted by Gasteiger charge is -2.56. The first kappa shape index (κ1) is 10.4. The smallest absolute Gasteiger partial charge is 0.0305 e. The van der Waals surface area contributed by atoms with Crippen LogP contribution in [0.25, 0.3) is 0 Å². The molecule has 0 bridgehead atoms. The second kappa shape index (κ2) is 3.06. The van der Waals surface area contributed by atoms with Crippen molar-refractivity contribution in [1.82, 2.24) is 0 Å². The summed E-state index contributed by atoms with van der Waals surface area (Å²) in [6.45, 7) is 4.86. The molecular formula is C18H18. The molecule has 2 unspecified atom stereocenters. The lowest BCUT2D eigenvalue weighted by molar-refractivity contribution is 0.232. The molecule has 0 aromatic rings. The van der Waals surface area contributed by atoms with Gasteiger partial charge in [0.25, 0.3) is 0 Å². The molecule has 0 spiro atoms. The molecule has 90 valence electrons. The molecule has 0 aromatic heterocycles. The summed E-state index contributed by atoms with van der Waals surface area (Å²) in [7, 11) is 0. The quantitative estimate of drug-likeness (QED) is 0.572. The van der Waals surface area contributed by atoms with Crippen molar-refractivity contribution in [3.05, 3.63) is 70.9 Å². The van der Waals surface area contributed by atoms with Crippen LogP contribution < -0.4 is 0 Å². The molecule has 0 radical (unpaired) electrons. The van der Waals surface area contributed by atoms with Crippen LogP contribution in [0.5, 0.6) is 0 Å². The van der Waals surface area contributed by atoms with Crippen LogP contribution in [0.15, 0.2) is 70.9 Å². The number of hydrogen-bond donors (Lipinski definition) is 0. The summed E-state index contributed by atoms with van der Waals surface area (Å²) in [5, 5.41) is 0. The molecule has 0 saturated heterocycles. The van der Waals surface area contributed by atoms with Crippen molar-refractivity contribution in [3.8, 4) is 0 Å². The Morgan fingerprint density at radius 3 is 2.50 bits per heavy atom. The Kier molecular flexibility index (Phi) is 1.76. The van der Waals surface area contributed by atoms with E-state index < -0.39 is 0 Å². The molecule has 2 atom stereocenters. The summed E-state index contributed by atoms with van der Waals surface area (Å²) in [6.07, 6.45) is 21.0. The van der Waals surface area contributed by atoms with Crippen LogP contribution in [-0.2, 0) is 0 Å². The molecule has 0 saturated carbocycles. The Bertz CT molecular complexity index is 616. The Balaban J connectivity index is 2.13. The highest BCUT2D eigenvalue weighted by Crippen LogP contribution is 2.65. The topological polar surface area (TPSA) is 0 Å². The highest BCUT2D eigenvalue weighted by molar-refractivity contribution is 5.63. The van der Waals surface area contributed by atoms with Crippen molar-refractivity contribution in [2.45, 2.75) is 26.7 Å². The summed E-state index contributed by atoms with van der Waals surface area (Å²) < 4.78 is 0. The molecule has 0 aromatic carbocycles. The van der Waals surface area contributed by atoms with Crippen LogP contribution in [0.1, 0.15) is 26.7 Å². The van der Waals surface area contributed by atoms with Crippen LogP contribution in [0, 0.1) is 10.8 Å². The standard InChI is InChI=1S/C18H18/c1-17-13-5-3-6-14(17)10-12-16-8-4-7-15(11-9-13)18(16,17)2/h3,5-7,9-12H,4,8H2,1-2H3. The summed E-state index contributed by atoms with van der Waals surface area (Å²) >= 11 is 0. The van der Waals surface area contributed by atoms with Crippen LogP contribution in [0.4, 0.5) is 0 Å². The van der Waals surface area contributed by atoms with E-state index in [1.807, 2.05) is 0 Å². The first-order valence-electron chi connectivity index (χ1n) is 6.87. The van der Waals surface area contributed by atoms with Crippen LogP contribution in [0.2, 0.25) is 0 Å². The third-order valence-electron chi connectivity index (χ3n) is 5.61. The molecule has 0 N–H and O–H groups in total. The number of hydrogen-bond acceptors (Lipinski definition) is 0. The van der Waals surface area contributed by atoms with Gasteiger partial charge < -0.3 is 0 Å². The molecule has 0 heteroatoms. The average molecular weight is 234 g/mol. The van der Waals surface area contributed by atoms with Gasteiger partial charge in [0.05, 0.1) is 0 Å². The molecule has 0 amide bonds. The van der Waals surface area contributed by atoms with E-state index in [1.165, 1.54) is 29.6 Å². The van der Waals surface area contributed by atoms with Crippen molar-refractivity contribution in [3.63, 3.8) is 0 Å². The average Bonchev–Trinajstić information content (AvgIpc) is 2.37. The molecule has 4 rings (SSSR count).